The molecule has 1 aromatic heterocycles. The van der Waals surface area contributed by atoms with Crippen molar-refractivity contribution in [3.8, 4) is 11.8 Å². The predicted molar refractivity (Wildman–Crippen MR) is 83.9 cm³/mol. The zero-order chi connectivity index (χ0) is 14.2. The van der Waals surface area contributed by atoms with Crippen molar-refractivity contribution in [3.05, 3.63) is 41.2 Å². The zero-order valence-electron chi connectivity index (χ0n) is 11.3. The van der Waals surface area contributed by atoms with Crippen LogP contribution < -0.4 is 0 Å². The fraction of sp³-hybridized carbons (Fsp3) is 0.333. The lowest BCUT2D eigenvalue weighted by Gasteiger charge is -2.02. The number of aromatic nitrogens is 2. The molecule has 0 spiro atoms. The summed E-state index contributed by atoms with van der Waals surface area (Å²) in [6.45, 7) is 2.16. The van der Waals surface area contributed by atoms with Gasteiger partial charge in [0.1, 0.15) is 5.82 Å². The summed E-state index contributed by atoms with van der Waals surface area (Å²) in [5.74, 6) is 7.83. The fourth-order valence-corrected chi connectivity index (χ4v) is 3.26. The summed E-state index contributed by atoms with van der Waals surface area (Å²) in [5, 5.41) is 8.77. The highest BCUT2D eigenvalue weighted by Gasteiger charge is 2.05. The lowest BCUT2D eigenvalue weighted by Crippen LogP contribution is -1.88. The minimum atomic E-state index is 0.106. The number of aliphatic hydroxyl groups excluding tert-OH is 1. The highest BCUT2D eigenvalue weighted by Crippen LogP contribution is 2.25. The molecule has 0 radical (unpaired) electrons. The van der Waals surface area contributed by atoms with E-state index in [1.54, 1.807) is 11.8 Å². The van der Waals surface area contributed by atoms with Crippen LogP contribution in [0.4, 0.5) is 0 Å². The largest absolute Gasteiger partial charge is 0.395 e. The van der Waals surface area contributed by atoms with Gasteiger partial charge in [-0.3, -0.25) is 0 Å². The van der Waals surface area contributed by atoms with E-state index in [4.69, 9.17) is 5.11 Å². The van der Waals surface area contributed by atoms with Crippen molar-refractivity contribution in [1.82, 2.24) is 9.36 Å². The summed E-state index contributed by atoms with van der Waals surface area (Å²) in [6.07, 6.45) is 1.39. The van der Waals surface area contributed by atoms with E-state index in [1.165, 1.54) is 17.1 Å². The molecule has 1 heterocycles. The number of aliphatic hydroxyl groups is 1. The van der Waals surface area contributed by atoms with Gasteiger partial charge in [-0.05, 0) is 23.2 Å². The predicted octanol–water partition coefficient (Wildman–Crippen LogP) is 3.13. The SMILES string of the molecule is CCc1nsc(SCc2ccccc2C#CCCO)n1. The molecule has 104 valence electrons. The summed E-state index contributed by atoms with van der Waals surface area (Å²) < 4.78 is 5.28. The smallest absolute Gasteiger partial charge is 0.170 e. The normalized spacial score (nSPS) is 10.1. The van der Waals surface area contributed by atoms with Gasteiger partial charge < -0.3 is 5.11 Å². The van der Waals surface area contributed by atoms with Gasteiger partial charge in [0.15, 0.2) is 4.34 Å². The van der Waals surface area contributed by atoms with E-state index >= 15 is 0 Å². The molecule has 0 aliphatic rings. The highest BCUT2D eigenvalue weighted by atomic mass is 32.2. The Balaban J connectivity index is 2.04. The molecule has 0 amide bonds. The van der Waals surface area contributed by atoms with Crippen molar-refractivity contribution >= 4 is 23.3 Å². The molecule has 3 nitrogen and oxygen atoms in total. The monoisotopic (exact) mass is 304 g/mol. The van der Waals surface area contributed by atoms with Crippen LogP contribution in [-0.4, -0.2) is 21.1 Å². The van der Waals surface area contributed by atoms with Crippen molar-refractivity contribution in [1.29, 1.82) is 0 Å². The van der Waals surface area contributed by atoms with Gasteiger partial charge in [0.25, 0.3) is 0 Å². The van der Waals surface area contributed by atoms with E-state index in [-0.39, 0.29) is 6.61 Å². The Labute approximate surface area is 127 Å². The first-order chi connectivity index (χ1) is 9.83. The molecule has 20 heavy (non-hydrogen) atoms. The van der Waals surface area contributed by atoms with Gasteiger partial charge in [0, 0.05) is 24.2 Å². The molecule has 0 saturated carbocycles. The molecule has 5 heteroatoms. The first kappa shape index (κ1) is 15.0. The van der Waals surface area contributed by atoms with Crippen molar-refractivity contribution in [2.24, 2.45) is 0 Å². The van der Waals surface area contributed by atoms with Crippen LogP contribution in [0.25, 0.3) is 0 Å². The molecule has 1 aromatic carbocycles. The van der Waals surface area contributed by atoms with Crippen molar-refractivity contribution in [2.75, 3.05) is 6.61 Å². The Kier molecular flexibility index (Phi) is 6.06. The molecule has 2 rings (SSSR count). The first-order valence-corrected chi connectivity index (χ1v) is 8.22. The molecular weight excluding hydrogens is 288 g/mol. The molecule has 2 aromatic rings. The summed E-state index contributed by atoms with van der Waals surface area (Å²) in [7, 11) is 0. The van der Waals surface area contributed by atoms with Crippen LogP contribution in [0.2, 0.25) is 0 Å². The number of rotatable bonds is 5. The van der Waals surface area contributed by atoms with Gasteiger partial charge in [-0.15, -0.1) is 0 Å². The number of nitrogens with zero attached hydrogens (tertiary/aromatic N) is 2. The lowest BCUT2D eigenvalue weighted by molar-refractivity contribution is 0.305. The maximum Gasteiger partial charge on any atom is 0.170 e. The van der Waals surface area contributed by atoms with E-state index in [0.717, 1.165) is 27.9 Å². The Morgan fingerprint density at radius 2 is 2.20 bits per heavy atom. The average molecular weight is 304 g/mol. The number of thioether (sulfide) groups is 1. The third kappa shape index (κ3) is 4.34. The molecular formula is C15H16N2OS2. The van der Waals surface area contributed by atoms with E-state index in [0.29, 0.717) is 6.42 Å². The Bertz CT molecular complexity index is 614. The summed E-state index contributed by atoms with van der Waals surface area (Å²) in [6, 6.07) is 8.09. The Hall–Kier alpha value is -1.35. The van der Waals surface area contributed by atoms with E-state index in [9.17, 15) is 0 Å². The Morgan fingerprint density at radius 3 is 2.95 bits per heavy atom. The standard InChI is InChI=1S/C15H16N2OS2/c1-2-14-16-15(20-17-14)19-11-13-9-4-3-7-12(13)8-5-6-10-18/h3-4,7,9,18H,2,6,10-11H2,1H3. The lowest BCUT2D eigenvalue weighted by atomic mass is 10.1. The van der Waals surface area contributed by atoms with Crippen LogP contribution in [0.5, 0.6) is 0 Å². The number of hydrogen-bond donors (Lipinski definition) is 1. The van der Waals surface area contributed by atoms with Gasteiger partial charge in [-0.2, -0.15) is 4.37 Å². The van der Waals surface area contributed by atoms with E-state index in [1.807, 2.05) is 18.2 Å². The molecule has 0 aliphatic heterocycles. The van der Waals surface area contributed by atoms with Gasteiger partial charge in [0.2, 0.25) is 0 Å². The van der Waals surface area contributed by atoms with Crippen LogP contribution in [-0.2, 0) is 12.2 Å². The maximum atomic E-state index is 8.77. The van der Waals surface area contributed by atoms with Crippen LogP contribution in [0.15, 0.2) is 28.6 Å². The van der Waals surface area contributed by atoms with Crippen LogP contribution in [0, 0.1) is 11.8 Å². The maximum absolute atomic E-state index is 8.77. The summed E-state index contributed by atoms with van der Waals surface area (Å²) in [5.41, 5.74) is 2.21. The number of aryl methyl sites for hydroxylation is 1. The zero-order valence-corrected chi connectivity index (χ0v) is 12.9. The van der Waals surface area contributed by atoms with E-state index in [2.05, 4.69) is 34.2 Å². The van der Waals surface area contributed by atoms with Crippen LogP contribution >= 0.6 is 23.3 Å². The van der Waals surface area contributed by atoms with Crippen LogP contribution in [0.1, 0.15) is 30.3 Å². The van der Waals surface area contributed by atoms with Gasteiger partial charge in [-0.25, -0.2) is 4.98 Å². The number of benzene rings is 1. The second-order valence-electron chi connectivity index (χ2n) is 4.05. The molecule has 1 N–H and O–H groups in total. The van der Waals surface area contributed by atoms with Gasteiger partial charge in [0.05, 0.1) is 6.61 Å². The van der Waals surface area contributed by atoms with Crippen molar-refractivity contribution < 1.29 is 5.11 Å². The third-order valence-electron chi connectivity index (χ3n) is 2.59. The Morgan fingerprint density at radius 1 is 1.35 bits per heavy atom. The fourth-order valence-electron chi connectivity index (χ4n) is 1.56. The summed E-state index contributed by atoms with van der Waals surface area (Å²) in [4.78, 5) is 4.45. The van der Waals surface area contributed by atoms with E-state index < -0.39 is 0 Å². The minimum absolute atomic E-state index is 0.106. The molecule has 0 bridgehead atoms. The number of hydrogen-bond acceptors (Lipinski definition) is 5. The van der Waals surface area contributed by atoms with Gasteiger partial charge >= 0.3 is 0 Å². The highest BCUT2D eigenvalue weighted by molar-refractivity contribution is 8.00. The first-order valence-electron chi connectivity index (χ1n) is 6.46. The second-order valence-corrected chi connectivity index (χ2v) is 6.03. The van der Waals surface area contributed by atoms with Crippen molar-refractivity contribution in [3.63, 3.8) is 0 Å². The molecule has 0 aliphatic carbocycles. The molecule has 0 unspecified atom stereocenters. The molecule has 0 fully saturated rings. The molecule has 0 saturated heterocycles. The second kappa shape index (κ2) is 8.05. The minimum Gasteiger partial charge on any atom is -0.395 e. The summed E-state index contributed by atoms with van der Waals surface area (Å²) >= 11 is 3.14. The molecule has 0 atom stereocenters. The topological polar surface area (TPSA) is 46.0 Å². The van der Waals surface area contributed by atoms with Crippen LogP contribution in [0.3, 0.4) is 0 Å². The quantitative estimate of drug-likeness (QED) is 0.681. The third-order valence-corrected chi connectivity index (χ3v) is 4.51. The van der Waals surface area contributed by atoms with Gasteiger partial charge in [-0.1, -0.05) is 48.7 Å². The average Bonchev–Trinajstić information content (AvgIpc) is 2.94. The van der Waals surface area contributed by atoms with Crippen molar-refractivity contribution in [2.45, 2.75) is 29.9 Å².